The Labute approximate surface area is 167 Å². The molecule has 9 nitrogen and oxygen atoms in total. The second-order valence-corrected chi connectivity index (χ2v) is 7.17. The van der Waals surface area contributed by atoms with Crippen molar-refractivity contribution >= 4 is 17.4 Å². The summed E-state index contributed by atoms with van der Waals surface area (Å²) in [6.45, 7) is 1.02. The first-order valence-corrected chi connectivity index (χ1v) is 9.73. The lowest BCUT2D eigenvalue weighted by molar-refractivity contribution is 0.502. The summed E-state index contributed by atoms with van der Waals surface area (Å²) < 4.78 is 6.90. The second kappa shape index (κ2) is 7.51. The molecule has 4 N–H and O–H groups in total. The molecule has 1 aliphatic heterocycles. The van der Waals surface area contributed by atoms with E-state index in [0.717, 1.165) is 31.5 Å². The Bertz CT molecular complexity index is 1090. The molecule has 1 fully saturated rings. The molecule has 5 heterocycles. The molecule has 1 saturated heterocycles. The molecule has 1 aliphatic rings. The van der Waals surface area contributed by atoms with Gasteiger partial charge in [0.25, 0.3) is 5.78 Å². The quantitative estimate of drug-likeness (QED) is 0.458. The van der Waals surface area contributed by atoms with Crippen LogP contribution in [0.25, 0.3) is 17.4 Å². The van der Waals surface area contributed by atoms with Gasteiger partial charge in [-0.1, -0.05) is 6.07 Å². The SMILES string of the molecule is Nc1cc(NC(Cc2ccccn2)C2CCCN2)nc2nc(-c3ccco3)nn12. The third-order valence-electron chi connectivity index (χ3n) is 5.15. The van der Waals surface area contributed by atoms with Gasteiger partial charge in [0.15, 0.2) is 5.76 Å². The van der Waals surface area contributed by atoms with Crippen molar-refractivity contribution < 1.29 is 4.42 Å². The third kappa shape index (κ3) is 3.64. The normalized spacial score (nSPS) is 17.6. The Morgan fingerprint density at radius 3 is 3.00 bits per heavy atom. The second-order valence-electron chi connectivity index (χ2n) is 7.17. The maximum atomic E-state index is 6.23. The van der Waals surface area contributed by atoms with Crippen LogP contribution in [0.5, 0.6) is 0 Å². The van der Waals surface area contributed by atoms with Gasteiger partial charge in [0.05, 0.1) is 6.26 Å². The lowest BCUT2D eigenvalue weighted by atomic mass is 10.0. The summed E-state index contributed by atoms with van der Waals surface area (Å²) in [6.07, 6.45) is 6.46. The Morgan fingerprint density at radius 1 is 1.28 bits per heavy atom. The lowest BCUT2D eigenvalue weighted by Gasteiger charge is -2.25. The minimum Gasteiger partial charge on any atom is -0.461 e. The first kappa shape index (κ1) is 17.6. The molecule has 0 aromatic carbocycles. The van der Waals surface area contributed by atoms with Crippen LogP contribution >= 0.6 is 0 Å². The molecule has 29 heavy (non-hydrogen) atoms. The molecule has 5 rings (SSSR count). The van der Waals surface area contributed by atoms with Crippen LogP contribution in [0.1, 0.15) is 18.5 Å². The van der Waals surface area contributed by atoms with E-state index >= 15 is 0 Å². The van der Waals surface area contributed by atoms with E-state index in [9.17, 15) is 0 Å². The number of pyridine rings is 1. The average Bonchev–Trinajstić information content (AvgIpc) is 3.48. The van der Waals surface area contributed by atoms with Gasteiger partial charge >= 0.3 is 0 Å². The summed E-state index contributed by atoms with van der Waals surface area (Å²) in [4.78, 5) is 13.6. The summed E-state index contributed by atoms with van der Waals surface area (Å²) in [7, 11) is 0. The maximum absolute atomic E-state index is 6.23. The number of rotatable bonds is 6. The number of nitrogen functional groups attached to an aromatic ring is 1. The topological polar surface area (TPSA) is 119 Å². The number of anilines is 2. The zero-order valence-electron chi connectivity index (χ0n) is 15.8. The van der Waals surface area contributed by atoms with Crippen molar-refractivity contribution in [2.75, 3.05) is 17.6 Å². The van der Waals surface area contributed by atoms with Crippen LogP contribution in [0.15, 0.2) is 53.3 Å². The monoisotopic (exact) mass is 390 g/mol. The van der Waals surface area contributed by atoms with Gasteiger partial charge in [0.2, 0.25) is 5.82 Å². The molecule has 4 aromatic heterocycles. The number of nitrogens with zero attached hydrogens (tertiary/aromatic N) is 5. The first-order valence-electron chi connectivity index (χ1n) is 9.73. The van der Waals surface area contributed by atoms with Crippen molar-refractivity contribution in [2.24, 2.45) is 0 Å². The van der Waals surface area contributed by atoms with Crippen LogP contribution < -0.4 is 16.4 Å². The molecule has 4 aromatic rings. The van der Waals surface area contributed by atoms with Crippen LogP contribution in [-0.4, -0.2) is 43.2 Å². The molecule has 148 valence electrons. The Hall–Kier alpha value is -3.46. The third-order valence-corrected chi connectivity index (χ3v) is 5.15. The predicted octanol–water partition coefficient (Wildman–Crippen LogP) is 2.14. The zero-order valence-corrected chi connectivity index (χ0v) is 15.8. The number of fused-ring (bicyclic) bond motifs is 1. The van der Waals surface area contributed by atoms with E-state index in [0.29, 0.717) is 35.0 Å². The molecule has 9 heteroatoms. The van der Waals surface area contributed by atoms with Crippen molar-refractivity contribution in [3.63, 3.8) is 0 Å². The van der Waals surface area contributed by atoms with E-state index in [2.05, 4.69) is 30.7 Å². The van der Waals surface area contributed by atoms with E-state index in [-0.39, 0.29) is 6.04 Å². The summed E-state index contributed by atoms with van der Waals surface area (Å²) in [6, 6.07) is 11.8. The van der Waals surface area contributed by atoms with Crippen LogP contribution in [0.2, 0.25) is 0 Å². The fraction of sp³-hybridized carbons (Fsp3) is 0.300. The predicted molar refractivity (Wildman–Crippen MR) is 109 cm³/mol. The van der Waals surface area contributed by atoms with E-state index < -0.39 is 0 Å². The summed E-state index contributed by atoms with van der Waals surface area (Å²) in [5.41, 5.74) is 7.26. The van der Waals surface area contributed by atoms with Crippen molar-refractivity contribution in [2.45, 2.75) is 31.3 Å². The minimum atomic E-state index is 0.134. The van der Waals surface area contributed by atoms with Crippen LogP contribution in [0, 0.1) is 0 Å². The Kier molecular flexibility index (Phi) is 4.57. The molecule has 0 aliphatic carbocycles. The number of hydrogen-bond acceptors (Lipinski definition) is 8. The molecular weight excluding hydrogens is 368 g/mol. The Morgan fingerprint density at radius 2 is 2.24 bits per heavy atom. The van der Waals surface area contributed by atoms with Crippen molar-refractivity contribution in [1.29, 1.82) is 0 Å². The summed E-state index contributed by atoms with van der Waals surface area (Å²) >= 11 is 0. The number of nitrogens with two attached hydrogens (primary N) is 1. The molecular formula is C20H22N8O. The van der Waals surface area contributed by atoms with Gasteiger partial charge in [0, 0.05) is 36.5 Å². The largest absolute Gasteiger partial charge is 0.461 e. The van der Waals surface area contributed by atoms with Crippen molar-refractivity contribution in [1.82, 2.24) is 29.9 Å². The van der Waals surface area contributed by atoms with Gasteiger partial charge in [-0.25, -0.2) is 0 Å². The zero-order chi connectivity index (χ0) is 19.6. The van der Waals surface area contributed by atoms with E-state index in [1.807, 2.05) is 24.4 Å². The van der Waals surface area contributed by atoms with E-state index in [4.69, 9.17) is 10.2 Å². The first-order chi connectivity index (χ1) is 14.3. The number of aromatic nitrogens is 5. The molecule has 0 bridgehead atoms. The molecule has 0 amide bonds. The van der Waals surface area contributed by atoms with Crippen LogP contribution in [-0.2, 0) is 6.42 Å². The number of furan rings is 1. The van der Waals surface area contributed by atoms with Crippen LogP contribution in [0.4, 0.5) is 11.6 Å². The number of hydrogen-bond donors (Lipinski definition) is 3. The van der Waals surface area contributed by atoms with Crippen LogP contribution in [0.3, 0.4) is 0 Å². The van der Waals surface area contributed by atoms with E-state index in [1.165, 1.54) is 4.52 Å². The summed E-state index contributed by atoms with van der Waals surface area (Å²) in [5.74, 6) is 2.58. The maximum Gasteiger partial charge on any atom is 0.256 e. The van der Waals surface area contributed by atoms with Gasteiger partial charge in [-0.3, -0.25) is 4.98 Å². The average molecular weight is 390 g/mol. The van der Waals surface area contributed by atoms with Gasteiger partial charge in [-0.05, 0) is 43.7 Å². The highest BCUT2D eigenvalue weighted by Gasteiger charge is 2.26. The van der Waals surface area contributed by atoms with Crippen molar-refractivity contribution in [3.05, 3.63) is 54.6 Å². The number of nitrogens with one attached hydrogen (secondary N) is 2. The van der Waals surface area contributed by atoms with Gasteiger partial charge in [-0.2, -0.15) is 14.5 Å². The smallest absolute Gasteiger partial charge is 0.256 e. The molecule has 2 unspecified atom stereocenters. The Balaban J connectivity index is 1.44. The minimum absolute atomic E-state index is 0.134. The standard InChI is InChI=1S/C20H22N8O/c21-17-12-18(25-20-26-19(27-28(17)20)16-7-4-10-29-16)24-15(14-6-3-9-23-14)11-13-5-1-2-8-22-13/h1-2,4-5,7-8,10,12,14-15,23H,3,6,9,11,21H2,(H,24,25,26,27). The molecule has 0 radical (unpaired) electrons. The van der Waals surface area contributed by atoms with Gasteiger partial charge in [-0.15, -0.1) is 5.10 Å². The highest BCUT2D eigenvalue weighted by atomic mass is 16.3. The fourth-order valence-corrected chi connectivity index (χ4v) is 3.76. The highest BCUT2D eigenvalue weighted by Crippen LogP contribution is 2.21. The van der Waals surface area contributed by atoms with E-state index in [1.54, 1.807) is 24.5 Å². The highest BCUT2D eigenvalue weighted by molar-refractivity contribution is 5.57. The van der Waals surface area contributed by atoms with Gasteiger partial charge in [0.1, 0.15) is 11.6 Å². The summed E-state index contributed by atoms with van der Waals surface area (Å²) in [5, 5.41) is 11.5. The van der Waals surface area contributed by atoms with Gasteiger partial charge < -0.3 is 20.8 Å². The molecule has 0 spiro atoms. The van der Waals surface area contributed by atoms with Crippen molar-refractivity contribution in [3.8, 4) is 11.6 Å². The lowest BCUT2D eigenvalue weighted by Crippen LogP contribution is -2.42. The molecule has 0 saturated carbocycles. The fourth-order valence-electron chi connectivity index (χ4n) is 3.76. The molecule has 2 atom stereocenters.